The van der Waals surface area contributed by atoms with Gasteiger partial charge in [-0.05, 0) is 30.7 Å². The standard InChI is InChI=1S/C12H14BrNO3/c13-10-3-1-2-9(6-10)12(4-5-14-8-12)17-7-11(15)16/h1-3,6,14H,4-5,7-8H2,(H,15,16). The van der Waals surface area contributed by atoms with E-state index in [1.807, 2.05) is 24.3 Å². The van der Waals surface area contributed by atoms with Crippen LogP contribution in [-0.4, -0.2) is 30.8 Å². The summed E-state index contributed by atoms with van der Waals surface area (Å²) in [7, 11) is 0. The molecule has 0 bridgehead atoms. The van der Waals surface area contributed by atoms with Crippen LogP contribution in [0.2, 0.25) is 0 Å². The van der Waals surface area contributed by atoms with E-state index < -0.39 is 11.6 Å². The minimum absolute atomic E-state index is 0.270. The maximum Gasteiger partial charge on any atom is 0.329 e. The van der Waals surface area contributed by atoms with E-state index in [1.54, 1.807) is 0 Å². The molecule has 2 N–H and O–H groups in total. The first-order chi connectivity index (χ1) is 8.12. The number of carboxylic acid groups (broad SMARTS) is 1. The van der Waals surface area contributed by atoms with Crippen molar-refractivity contribution in [3.8, 4) is 0 Å². The highest BCUT2D eigenvalue weighted by Gasteiger charge is 2.37. The molecule has 0 spiro atoms. The molecule has 2 rings (SSSR count). The summed E-state index contributed by atoms with van der Waals surface area (Å²) in [5.41, 5.74) is 0.500. The topological polar surface area (TPSA) is 58.6 Å². The summed E-state index contributed by atoms with van der Waals surface area (Å²) in [6.45, 7) is 1.22. The molecule has 5 heteroatoms. The predicted octanol–water partition coefficient (Wildman–Crippen LogP) is 1.74. The first-order valence-electron chi connectivity index (χ1n) is 5.45. The number of ether oxygens (including phenoxy) is 1. The Morgan fingerprint density at radius 3 is 3.00 bits per heavy atom. The summed E-state index contributed by atoms with van der Waals surface area (Å²) in [4.78, 5) is 10.6. The highest BCUT2D eigenvalue weighted by molar-refractivity contribution is 9.10. The number of carboxylic acids is 1. The lowest BCUT2D eigenvalue weighted by Crippen LogP contribution is -2.34. The minimum atomic E-state index is -0.939. The Hall–Kier alpha value is -0.910. The lowest BCUT2D eigenvalue weighted by Gasteiger charge is -2.28. The summed E-state index contributed by atoms with van der Waals surface area (Å²) in [6, 6.07) is 7.83. The number of carbonyl (C=O) groups is 1. The number of halogens is 1. The first-order valence-corrected chi connectivity index (χ1v) is 6.24. The fraction of sp³-hybridized carbons (Fsp3) is 0.417. The highest BCUT2D eigenvalue weighted by Crippen LogP contribution is 2.33. The molecule has 4 nitrogen and oxygen atoms in total. The van der Waals surface area contributed by atoms with Crippen LogP contribution in [0.3, 0.4) is 0 Å². The van der Waals surface area contributed by atoms with Gasteiger partial charge in [-0.3, -0.25) is 0 Å². The molecule has 0 aliphatic carbocycles. The van der Waals surface area contributed by atoms with Crippen molar-refractivity contribution in [1.82, 2.24) is 5.32 Å². The molecular formula is C12H14BrNO3. The van der Waals surface area contributed by atoms with Crippen molar-refractivity contribution in [2.24, 2.45) is 0 Å². The molecule has 17 heavy (non-hydrogen) atoms. The Labute approximate surface area is 108 Å². The fourth-order valence-electron chi connectivity index (χ4n) is 2.09. The van der Waals surface area contributed by atoms with E-state index in [2.05, 4.69) is 21.2 Å². The maximum absolute atomic E-state index is 10.6. The quantitative estimate of drug-likeness (QED) is 0.889. The van der Waals surface area contributed by atoms with E-state index in [0.29, 0.717) is 6.54 Å². The zero-order valence-corrected chi connectivity index (χ0v) is 10.9. The highest BCUT2D eigenvalue weighted by atomic mass is 79.9. The Kier molecular flexibility index (Phi) is 3.81. The van der Waals surface area contributed by atoms with Crippen LogP contribution in [0.25, 0.3) is 0 Å². The number of benzene rings is 1. The monoisotopic (exact) mass is 299 g/mol. The van der Waals surface area contributed by atoms with Gasteiger partial charge in [0.1, 0.15) is 12.2 Å². The molecule has 1 saturated heterocycles. The second kappa shape index (κ2) is 5.16. The number of aliphatic carboxylic acids is 1. The van der Waals surface area contributed by atoms with Crippen LogP contribution in [0.5, 0.6) is 0 Å². The molecule has 1 aromatic carbocycles. The van der Waals surface area contributed by atoms with E-state index >= 15 is 0 Å². The Bertz CT molecular complexity index is 416. The van der Waals surface area contributed by atoms with E-state index in [4.69, 9.17) is 9.84 Å². The van der Waals surface area contributed by atoms with Gasteiger partial charge in [0.25, 0.3) is 0 Å². The molecule has 1 heterocycles. The van der Waals surface area contributed by atoms with Gasteiger partial charge >= 0.3 is 5.97 Å². The van der Waals surface area contributed by atoms with Crippen LogP contribution in [0.4, 0.5) is 0 Å². The largest absolute Gasteiger partial charge is 0.480 e. The van der Waals surface area contributed by atoms with E-state index in [1.165, 1.54) is 0 Å². The number of hydrogen-bond donors (Lipinski definition) is 2. The van der Waals surface area contributed by atoms with Crippen molar-refractivity contribution < 1.29 is 14.6 Å². The average molecular weight is 300 g/mol. The average Bonchev–Trinajstić information content (AvgIpc) is 2.76. The predicted molar refractivity (Wildman–Crippen MR) is 66.9 cm³/mol. The fourth-order valence-corrected chi connectivity index (χ4v) is 2.49. The molecule has 1 fully saturated rings. The van der Waals surface area contributed by atoms with Crippen LogP contribution in [0.15, 0.2) is 28.7 Å². The van der Waals surface area contributed by atoms with Crippen LogP contribution in [0, 0.1) is 0 Å². The summed E-state index contributed by atoms with van der Waals surface area (Å²) in [5.74, 6) is -0.939. The van der Waals surface area contributed by atoms with E-state index in [9.17, 15) is 4.79 Å². The third-order valence-electron chi connectivity index (χ3n) is 2.94. The van der Waals surface area contributed by atoms with Gasteiger partial charge in [0.15, 0.2) is 0 Å². The second-order valence-corrected chi connectivity index (χ2v) is 5.03. The summed E-state index contributed by atoms with van der Waals surface area (Å²) in [6.07, 6.45) is 0.788. The van der Waals surface area contributed by atoms with Crippen LogP contribution < -0.4 is 5.32 Å². The SMILES string of the molecule is O=C(O)COC1(c2cccc(Br)c2)CCNC1. The number of hydrogen-bond acceptors (Lipinski definition) is 3. The molecule has 0 saturated carbocycles. The smallest absolute Gasteiger partial charge is 0.329 e. The Balaban J connectivity index is 2.24. The Morgan fingerprint density at radius 1 is 1.59 bits per heavy atom. The molecule has 1 atom stereocenters. The van der Waals surface area contributed by atoms with Crippen LogP contribution >= 0.6 is 15.9 Å². The lowest BCUT2D eigenvalue weighted by molar-refractivity contribution is -0.149. The molecule has 1 aromatic rings. The van der Waals surface area contributed by atoms with Crippen LogP contribution in [0.1, 0.15) is 12.0 Å². The van der Waals surface area contributed by atoms with Crippen molar-refractivity contribution in [1.29, 1.82) is 0 Å². The summed E-state index contributed by atoms with van der Waals surface area (Å²) >= 11 is 3.42. The number of nitrogens with one attached hydrogen (secondary N) is 1. The minimum Gasteiger partial charge on any atom is -0.480 e. The first kappa shape index (κ1) is 12.5. The molecule has 0 radical (unpaired) electrons. The molecule has 92 valence electrons. The van der Waals surface area contributed by atoms with Crippen molar-refractivity contribution in [2.75, 3.05) is 19.7 Å². The number of rotatable bonds is 4. The van der Waals surface area contributed by atoms with Gasteiger partial charge in [-0.1, -0.05) is 28.1 Å². The van der Waals surface area contributed by atoms with E-state index in [-0.39, 0.29) is 6.61 Å². The van der Waals surface area contributed by atoms with Gasteiger partial charge in [-0.25, -0.2) is 4.79 Å². The van der Waals surface area contributed by atoms with Crippen LogP contribution in [-0.2, 0) is 15.1 Å². The van der Waals surface area contributed by atoms with E-state index in [0.717, 1.165) is 23.0 Å². The van der Waals surface area contributed by atoms with Crippen molar-refractivity contribution >= 4 is 21.9 Å². The normalized spacial score (nSPS) is 23.8. The van der Waals surface area contributed by atoms with Crippen molar-refractivity contribution in [3.63, 3.8) is 0 Å². The molecule has 1 aliphatic rings. The van der Waals surface area contributed by atoms with Crippen molar-refractivity contribution in [2.45, 2.75) is 12.0 Å². The van der Waals surface area contributed by atoms with Gasteiger partial charge in [0, 0.05) is 11.0 Å². The molecule has 1 aliphatic heterocycles. The summed E-state index contributed by atoms with van der Waals surface area (Å²) < 4.78 is 6.58. The van der Waals surface area contributed by atoms with Gasteiger partial charge < -0.3 is 15.2 Å². The molecule has 0 amide bonds. The zero-order chi connectivity index (χ0) is 12.3. The maximum atomic E-state index is 10.6. The third kappa shape index (κ3) is 2.86. The molecule has 1 unspecified atom stereocenters. The zero-order valence-electron chi connectivity index (χ0n) is 9.28. The molecular weight excluding hydrogens is 286 g/mol. The molecule has 0 aromatic heterocycles. The van der Waals surface area contributed by atoms with Gasteiger partial charge in [-0.15, -0.1) is 0 Å². The lowest BCUT2D eigenvalue weighted by atomic mass is 9.93. The van der Waals surface area contributed by atoms with Gasteiger partial charge in [0.2, 0.25) is 0 Å². The van der Waals surface area contributed by atoms with Gasteiger partial charge in [0.05, 0.1) is 0 Å². The second-order valence-electron chi connectivity index (χ2n) is 4.11. The third-order valence-corrected chi connectivity index (χ3v) is 3.43. The van der Waals surface area contributed by atoms with Crippen molar-refractivity contribution in [3.05, 3.63) is 34.3 Å². The summed E-state index contributed by atoms with van der Waals surface area (Å²) in [5, 5.41) is 12.0. The van der Waals surface area contributed by atoms with Gasteiger partial charge in [-0.2, -0.15) is 0 Å². The Morgan fingerprint density at radius 2 is 2.41 bits per heavy atom.